The zero-order chi connectivity index (χ0) is 21.0. The molecule has 0 aliphatic carbocycles. The lowest BCUT2D eigenvalue weighted by Gasteiger charge is -2.34. The van der Waals surface area contributed by atoms with E-state index in [9.17, 15) is 4.79 Å². The van der Waals surface area contributed by atoms with Gasteiger partial charge in [-0.25, -0.2) is 0 Å². The third kappa shape index (κ3) is 4.23. The molecule has 0 saturated carbocycles. The van der Waals surface area contributed by atoms with E-state index in [1.54, 1.807) is 0 Å². The second-order valence-corrected chi connectivity index (χ2v) is 8.10. The molecule has 3 heterocycles. The van der Waals surface area contributed by atoms with Crippen LogP contribution in [0.15, 0.2) is 85.3 Å². The number of carbonyl (C=O) groups is 1. The first-order valence-corrected chi connectivity index (χ1v) is 10.8. The summed E-state index contributed by atoms with van der Waals surface area (Å²) in [5, 5.41) is 1.03. The molecule has 0 bridgehead atoms. The van der Waals surface area contributed by atoms with E-state index in [0.717, 1.165) is 55.7 Å². The van der Waals surface area contributed by atoms with Crippen LogP contribution >= 0.6 is 0 Å². The molecule has 1 amide bonds. The molecule has 0 spiro atoms. The summed E-state index contributed by atoms with van der Waals surface area (Å²) in [6.07, 6.45) is 5.70. The summed E-state index contributed by atoms with van der Waals surface area (Å²) in [6, 6.07) is 22.7. The van der Waals surface area contributed by atoms with Gasteiger partial charge in [0.2, 0.25) is 0 Å². The van der Waals surface area contributed by atoms with Crippen LogP contribution in [0.5, 0.6) is 0 Å². The van der Waals surface area contributed by atoms with E-state index in [0.29, 0.717) is 0 Å². The standard InChI is InChI=1S/C26H26N4O/c31-26(29-16-14-28(15-17-29)18-22-10-12-27-13-11-22)24-20-30(19-21-6-2-1-3-7-21)25-9-5-4-8-23(24)25/h1-13,20H,14-19H2. The zero-order valence-electron chi connectivity index (χ0n) is 17.5. The highest BCUT2D eigenvalue weighted by Crippen LogP contribution is 2.24. The van der Waals surface area contributed by atoms with Gasteiger partial charge in [0.25, 0.3) is 5.91 Å². The van der Waals surface area contributed by atoms with Gasteiger partial charge in [-0.3, -0.25) is 14.7 Å². The van der Waals surface area contributed by atoms with Gasteiger partial charge in [0.15, 0.2) is 0 Å². The number of pyridine rings is 1. The van der Waals surface area contributed by atoms with Crippen LogP contribution in [-0.4, -0.2) is 51.4 Å². The molecule has 0 N–H and O–H groups in total. The van der Waals surface area contributed by atoms with Gasteiger partial charge in [-0.15, -0.1) is 0 Å². The molecule has 5 nitrogen and oxygen atoms in total. The molecule has 1 aliphatic rings. The fraction of sp³-hybridized carbons (Fsp3) is 0.231. The van der Waals surface area contributed by atoms with Gasteiger partial charge in [-0.2, -0.15) is 0 Å². The van der Waals surface area contributed by atoms with Crippen molar-refractivity contribution in [1.82, 2.24) is 19.4 Å². The zero-order valence-corrected chi connectivity index (χ0v) is 17.5. The van der Waals surface area contributed by atoms with Crippen molar-refractivity contribution in [1.29, 1.82) is 0 Å². The van der Waals surface area contributed by atoms with Crippen molar-refractivity contribution in [2.75, 3.05) is 26.2 Å². The molecule has 5 rings (SSSR count). The Morgan fingerprint density at radius 2 is 1.45 bits per heavy atom. The summed E-state index contributed by atoms with van der Waals surface area (Å²) >= 11 is 0. The maximum absolute atomic E-state index is 13.4. The van der Waals surface area contributed by atoms with E-state index in [-0.39, 0.29) is 5.91 Å². The summed E-state index contributed by atoms with van der Waals surface area (Å²) in [4.78, 5) is 21.9. The lowest BCUT2D eigenvalue weighted by Crippen LogP contribution is -2.48. The SMILES string of the molecule is O=C(c1cn(Cc2ccccc2)c2ccccc12)N1CCN(Cc2ccncc2)CC1. The molecule has 4 aromatic rings. The van der Waals surface area contributed by atoms with Crippen molar-refractivity contribution < 1.29 is 4.79 Å². The Morgan fingerprint density at radius 3 is 2.23 bits per heavy atom. The molecule has 1 aliphatic heterocycles. The second-order valence-electron chi connectivity index (χ2n) is 8.10. The van der Waals surface area contributed by atoms with Crippen LogP contribution in [0, 0.1) is 0 Å². The van der Waals surface area contributed by atoms with Crippen molar-refractivity contribution in [2.45, 2.75) is 13.1 Å². The van der Waals surface area contributed by atoms with Gasteiger partial charge in [-0.1, -0.05) is 48.5 Å². The van der Waals surface area contributed by atoms with Crippen molar-refractivity contribution in [3.8, 4) is 0 Å². The number of amides is 1. The van der Waals surface area contributed by atoms with Gasteiger partial charge >= 0.3 is 0 Å². The number of carbonyl (C=O) groups excluding carboxylic acids is 1. The molecule has 1 fully saturated rings. The number of fused-ring (bicyclic) bond motifs is 1. The minimum Gasteiger partial charge on any atom is -0.342 e. The molecule has 0 atom stereocenters. The second kappa shape index (κ2) is 8.74. The minimum absolute atomic E-state index is 0.131. The van der Waals surface area contributed by atoms with Gasteiger partial charge in [0.1, 0.15) is 0 Å². The Morgan fingerprint density at radius 1 is 0.774 bits per heavy atom. The summed E-state index contributed by atoms with van der Waals surface area (Å²) in [7, 11) is 0. The molecular formula is C26H26N4O. The Balaban J connectivity index is 1.32. The number of hydrogen-bond acceptors (Lipinski definition) is 3. The van der Waals surface area contributed by atoms with Crippen LogP contribution in [0.25, 0.3) is 10.9 Å². The molecule has 5 heteroatoms. The van der Waals surface area contributed by atoms with E-state index in [4.69, 9.17) is 0 Å². The number of hydrogen-bond donors (Lipinski definition) is 0. The highest BCUT2D eigenvalue weighted by atomic mass is 16.2. The quantitative estimate of drug-likeness (QED) is 0.499. The molecule has 156 valence electrons. The summed E-state index contributed by atoms with van der Waals surface area (Å²) < 4.78 is 2.19. The van der Waals surface area contributed by atoms with E-state index in [1.807, 2.05) is 41.7 Å². The third-order valence-electron chi connectivity index (χ3n) is 6.03. The number of nitrogens with zero attached hydrogens (tertiary/aromatic N) is 4. The average Bonchev–Trinajstić information content (AvgIpc) is 3.19. The molecule has 2 aromatic heterocycles. The van der Waals surface area contributed by atoms with Gasteiger partial charge in [0, 0.05) is 68.8 Å². The Bertz CT molecular complexity index is 1160. The first-order chi connectivity index (χ1) is 15.3. The van der Waals surface area contributed by atoms with Crippen molar-refractivity contribution in [2.24, 2.45) is 0 Å². The first-order valence-electron chi connectivity index (χ1n) is 10.8. The van der Waals surface area contributed by atoms with Gasteiger partial charge in [-0.05, 0) is 29.3 Å². The fourth-order valence-electron chi connectivity index (χ4n) is 4.35. The van der Waals surface area contributed by atoms with E-state index in [1.165, 1.54) is 11.1 Å². The van der Waals surface area contributed by atoms with Crippen molar-refractivity contribution in [3.05, 3.63) is 102 Å². The van der Waals surface area contributed by atoms with Crippen LogP contribution in [0.1, 0.15) is 21.5 Å². The van der Waals surface area contributed by atoms with Crippen LogP contribution in [0.2, 0.25) is 0 Å². The third-order valence-corrected chi connectivity index (χ3v) is 6.03. The van der Waals surface area contributed by atoms with Gasteiger partial charge in [0.05, 0.1) is 5.56 Å². The van der Waals surface area contributed by atoms with Crippen LogP contribution < -0.4 is 0 Å². The normalized spacial score (nSPS) is 14.8. The van der Waals surface area contributed by atoms with E-state index >= 15 is 0 Å². The largest absolute Gasteiger partial charge is 0.342 e. The summed E-state index contributed by atoms with van der Waals surface area (Å²) in [5.74, 6) is 0.131. The van der Waals surface area contributed by atoms with E-state index in [2.05, 4.69) is 63.0 Å². The molecule has 0 unspecified atom stereocenters. The minimum atomic E-state index is 0.131. The Kier molecular flexibility index (Phi) is 5.50. The molecule has 1 saturated heterocycles. The molecule has 31 heavy (non-hydrogen) atoms. The summed E-state index contributed by atoms with van der Waals surface area (Å²) in [5.41, 5.74) is 4.39. The summed E-state index contributed by atoms with van der Waals surface area (Å²) in [6.45, 7) is 4.94. The van der Waals surface area contributed by atoms with Crippen LogP contribution in [0.3, 0.4) is 0 Å². The highest BCUT2D eigenvalue weighted by Gasteiger charge is 2.25. The number of piperazine rings is 1. The lowest BCUT2D eigenvalue weighted by molar-refractivity contribution is 0.0630. The van der Waals surface area contributed by atoms with Gasteiger partial charge < -0.3 is 9.47 Å². The fourth-order valence-corrected chi connectivity index (χ4v) is 4.35. The monoisotopic (exact) mass is 410 g/mol. The topological polar surface area (TPSA) is 41.4 Å². The van der Waals surface area contributed by atoms with Crippen molar-refractivity contribution >= 4 is 16.8 Å². The molecule has 2 aromatic carbocycles. The van der Waals surface area contributed by atoms with Crippen LogP contribution in [0.4, 0.5) is 0 Å². The Labute approximate surface area is 182 Å². The number of rotatable bonds is 5. The maximum atomic E-state index is 13.4. The van der Waals surface area contributed by atoms with Crippen molar-refractivity contribution in [3.63, 3.8) is 0 Å². The van der Waals surface area contributed by atoms with E-state index < -0.39 is 0 Å². The number of para-hydroxylation sites is 1. The highest BCUT2D eigenvalue weighted by molar-refractivity contribution is 6.07. The lowest BCUT2D eigenvalue weighted by atomic mass is 10.1. The Hall–Kier alpha value is -3.44. The predicted octanol–water partition coefficient (Wildman–Crippen LogP) is 4.04. The number of benzene rings is 2. The predicted molar refractivity (Wildman–Crippen MR) is 123 cm³/mol. The number of aromatic nitrogens is 2. The first kappa shape index (κ1) is 19.5. The average molecular weight is 411 g/mol. The molecular weight excluding hydrogens is 384 g/mol. The molecule has 0 radical (unpaired) electrons. The maximum Gasteiger partial charge on any atom is 0.256 e. The van der Waals surface area contributed by atoms with Crippen LogP contribution in [-0.2, 0) is 13.1 Å². The smallest absolute Gasteiger partial charge is 0.256 e.